The summed E-state index contributed by atoms with van der Waals surface area (Å²) in [5.74, 6) is 0.227. The van der Waals surface area contributed by atoms with Gasteiger partial charge in [-0.3, -0.25) is 4.79 Å². The zero-order valence-electron chi connectivity index (χ0n) is 22.6. The standard InChI is InChI=1S/C32H31ClFN3O3/c1-19-4-6-22(7-5-19)21(3)36-17-27-9-11-31(40-27)23-8-10-29(33)28(14-23)32(39)37-26(18-38)13-24-15-30(34)25(16-35)12-20(24)2/h4-12,14-15,21,26,36,38H,13,17-18H2,1-3H3,(H,37,39). The second-order valence-corrected chi connectivity index (χ2v) is 10.3. The van der Waals surface area contributed by atoms with E-state index >= 15 is 0 Å². The van der Waals surface area contributed by atoms with Crippen LogP contribution in [0.5, 0.6) is 0 Å². The van der Waals surface area contributed by atoms with E-state index in [9.17, 15) is 14.3 Å². The summed E-state index contributed by atoms with van der Waals surface area (Å²) >= 11 is 6.36. The molecule has 4 rings (SSSR count). The molecule has 0 saturated heterocycles. The van der Waals surface area contributed by atoms with Crippen molar-refractivity contribution in [2.24, 2.45) is 0 Å². The molecule has 206 valence electrons. The first-order chi connectivity index (χ1) is 19.2. The second kappa shape index (κ2) is 12.9. The predicted octanol–water partition coefficient (Wildman–Crippen LogP) is 6.41. The first-order valence-electron chi connectivity index (χ1n) is 13.0. The van der Waals surface area contributed by atoms with Gasteiger partial charge in [0, 0.05) is 11.6 Å². The largest absolute Gasteiger partial charge is 0.460 e. The lowest BCUT2D eigenvalue weighted by Crippen LogP contribution is -2.39. The van der Waals surface area contributed by atoms with Crippen LogP contribution in [-0.4, -0.2) is 23.7 Å². The minimum atomic E-state index is -0.685. The van der Waals surface area contributed by atoms with Gasteiger partial charge in [0.25, 0.3) is 5.91 Å². The topological polar surface area (TPSA) is 98.3 Å². The van der Waals surface area contributed by atoms with Gasteiger partial charge in [0.15, 0.2) is 0 Å². The van der Waals surface area contributed by atoms with E-state index in [2.05, 4.69) is 48.7 Å². The smallest absolute Gasteiger partial charge is 0.253 e. The summed E-state index contributed by atoms with van der Waals surface area (Å²) in [4.78, 5) is 13.1. The molecule has 6 nitrogen and oxygen atoms in total. The van der Waals surface area contributed by atoms with Crippen LogP contribution in [0.1, 0.15) is 56.9 Å². The number of halogens is 2. The third kappa shape index (κ3) is 6.97. The molecule has 0 aliphatic rings. The third-order valence-corrected chi connectivity index (χ3v) is 7.21. The maximum atomic E-state index is 14.1. The highest BCUT2D eigenvalue weighted by atomic mass is 35.5. The molecule has 1 heterocycles. The van der Waals surface area contributed by atoms with Crippen LogP contribution >= 0.6 is 11.6 Å². The van der Waals surface area contributed by atoms with Gasteiger partial charge in [0.2, 0.25) is 0 Å². The average molecular weight is 560 g/mol. The van der Waals surface area contributed by atoms with Crippen LogP contribution in [0.2, 0.25) is 5.02 Å². The Morgan fingerprint density at radius 3 is 2.55 bits per heavy atom. The lowest BCUT2D eigenvalue weighted by molar-refractivity contribution is 0.0916. The fourth-order valence-corrected chi connectivity index (χ4v) is 4.63. The average Bonchev–Trinajstić information content (AvgIpc) is 3.42. The Kier molecular flexibility index (Phi) is 9.38. The first kappa shape index (κ1) is 29.0. The molecule has 2 unspecified atom stereocenters. The van der Waals surface area contributed by atoms with Crippen LogP contribution in [0, 0.1) is 31.0 Å². The monoisotopic (exact) mass is 559 g/mol. The van der Waals surface area contributed by atoms with Gasteiger partial charge in [0.05, 0.1) is 35.3 Å². The lowest BCUT2D eigenvalue weighted by Gasteiger charge is -2.18. The minimum Gasteiger partial charge on any atom is -0.460 e. The zero-order chi connectivity index (χ0) is 28.8. The van der Waals surface area contributed by atoms with Crippen molar-refractivity contribution in [3.05, 3.63) is 117 Å². The van der Waals surface area contributed by atoms with Gasteiger partial charge in [-0.05, 0) is 86.3 Å². The molecule has 3 aromatic carbocycles. The highest BCUT2D eigenvalue weighted by Gasteiger charge is 2.19. The molecule has 3 N–H and O–H groups in total. The predicted molar refractivity (Wildman–Crippen MR) is 153 cm³/mol. The number of hydrogen-bond acceptors (Lipinski definition) is 5. The summed E-state index contributed by atoms with van der Waals surface area (Å²) in [5, 5.41) is 25.4. The summed E-state index contributed by atoms with van der Waals surface area (Å²) in [6.07, 6.45) is 0.184. The first-order valence-corrected chi connectivity index (χ1v) is 13.4. The van der Waals surface area contributed by atoms with Crippen LogP contribution in [-0.2, 0) is 13.0 Å². The molecule has 1 aromatic heterocycles. The van der Waals surface area contributed by atoms with Crippen molar-refractivity contribution in [2.45, 2.75) is 45.8 Å². The third-order valence-electron chi connectivity index (χ3n) is 6.88. The lowest BCUT2D eigenvalue weighted by atomic mass is 9.98. The number of benzene rings is 3. The second-order valence-electron chi connectivity index (χ2n) is 9.90. The van der Waals surface area contributed by atoms with E-state index in [-0.39, 0.29) is 35.2 Å². The van der Waals surface area contributed by atoms with Crippen LogP contribution in [0.25, 0.3) is 11.3 Å². The van der Waals surface area contributed by atoms with Crippen molar-refractivity contribution in [1.82, 2.24) is 10.6 Å². The molecule has 8 heteroatoms. The molecule has 0 bridgehead atoms. The van der Waals surface area contributed by atoms with E-state index in [1.165, 1.54) is 23.3 Å². The molecule has 0 saturated carbocycles. The molecule has 2 atom stereocenters. The number of nitrogens with zero attached hydrogens (tertiary/aromatic N) is 1. The number of nitriles is 1. The molecule has 0 aliphatic carbocycles. The van der Waals surface area contributed by atoms with Crippen molar-refractivity contribution in [3.63, 3.8) is 0 Å². The quantitative estimate of drug-likeness (QED) is 0.208. The molecule has 0 radical (unpaired) electrons. The Bertz CT molecular complexity index is 1540. The summed E-state index contributed by atoms with van der Waals surface area (Å²) in [6, 6.07) is 21.1. The molecule has 0 spiro atoms. The Morgan fingerprint density at radius 1 is 1.10 bits per heavy atom. The van der Waals surface area contributed by atoms with E-state index in [0.717, 1.165) is 5.76 Å². The summed E-state index contributed by atoms with van der Waals surface area (Å²) in [5.41, 5.74) is 4.54. The molecule has 4 aromatic rings. The van der Waals surface area contributed by atoms with Gasteiger partial charge in [-0.25, -0.2) is 4.39 Å². The number of carbonyl (C=O) groups excluding carboxylic acids is 1. The van der Waals surface area contributed by atoms with E-state index < -0.39 is 17.8 Å². The Balaban J connectivity index is 1.43. The number of aliphatic hydroxyl groups is 1. The number of carbonyl (C=O) groups is 1. The van der Waals surface area contributed by atoms with Gasteiger partial charge in [-0.15, -0.1) is 0 Å². The number of aryl methyl sites for hydroxylation is 2. The fourth-order valence-electron chi connectivity index (χ4n) is 4.43. The SMILES string of the molecule is Cc1ccc(C(C)NCc2ccc(-c3ccc(Cl)c(C(=O)NC(CO)Cc4cc(F)c(C#N)cc4C)c3)o2)cc1. The number of nitrogens with one attached hydrogen (secondary N) is 2. The van der Waals surface area contributed by atoms with Crippen LogP contribution in [0.15, 0.2) is 71.1 Å². The summed E-state index contributed by atoms with van der Waals surface area (Å²) < 4.78 is 20.2. The van der Waals surface area contributed by atoms with Gasteiger partial charge in [-0.2, -0.15) is 5.26 Å². The Hall–Kier alpha value is -3.96. The highest BCUT2D eigenvalue weighted by molar-refractivity contribution is 6.34. The van der Waals surface area contributed by atoms with Crippen molar-refractivity contribution < 1.29 is 18.7 Å². The van der Waals surface area contributed by atoms with E-state index in [0.29, 0.717) is 29.0 Å². The number of rotatable bonds is 10. The summed E-state index contributed by atoms with van der Waals surface area (Å²) in [6.45, 7) is 6.08. The van der Waals surface area contributed by atoms with E-state index in [1.807, 2.05) is 18.2 Å². The van der Waals surface area contributed by atoms with E-state index in [4.69, 9.17) is 21.3 Å². The number of amides is 1. The van der Waals surface area contributed by atoms with Crippen molar-refractivity contribution in [1.29, 1.82) is 5.26 Å². The van der Waals surface area contributed by atoms with Crippen molar-refractivity contribution >= 4 is 17.5 Å². The summed E-state index contributed by atoms with van der Waals surface area (Å²) in [7, 11) is 0. The molecule has 40 heavy (non-hydrogen) atoms. The van der Waals surface area contributed by atoms with Crippen LogP contribution in [0.3, 0.4) is 0 Å². The van der Waals surface area contributed by atoms with Gasteiger partial charge in [-0.1, -0.05) is 41.4 Å². The Morgan fingerprint density at radius 2 is 1.85 bits per heavy atom. The maximum absolute atomic E-state index is 14.1. The van der Waals surface area contributed by atoms with Crippen molar-refractivity contribution in [2.75, 3.05) is 6.61 Å². The Labute approximate surface area is 238 Å². The van der Waals surface area contributed by atoms with Crippen LogP contribution < -0.4 is 10.6 Å². The number of furan rings is 1. The molecular formula is C32H31ClFN3O3. The van der Waals surface area contributed by atoms with Crippen LogP contribution in [0.4, 0.5) is 4.39 Å². The molecular weight excluding hydrogens is 529 g/mol. The maximum Gasteiger partial charge on any atom is 0.253 e. The normalized spacial score (nSPS) is 12.5. The molecule has 0 fully saturated rings. The van der Waals surface area contributed by atoms with E-state index in [1.54, 1.807) is 25.1 Å². The fraction of sp³-hybridized carbons (Fsp3) is 0.250. The van der Waals surface area contributed by atoms with Gasteiger partial charge < -0.3 is 20.2 Å². The van der Waals surface area contributed by atoms with Gasteiger partial charge in [0.1, 0.15) is 23.4 Å². The number of aliphatic hydroxyl groups excluding tert-OH is 1. The number of hydrogen-bond donors (Lipinski definition) is 3. The molecule has 1 amide bonds. The molecule has 0 aliphatic heterocycles. The van der Waals surface area contributed by atoms with Crippen molar-refractivity contribution in [3.8, 4) is 17.4 Å². The van der Waals surface area contributed by atoms with Gasteiger partial charge >= 0.3 is 0 Å². The minimum absolute atomic E-state index is 0.0490. The zero-order valence-corrected chi connectivity index (χ0v) is 23.3. The highest BCUT2D eigenvalue weighted by Crippen LogP contribution is 2.28.